The van der Waals surface area contributed by atoms with Crippen molar-refractivity contribution in [1.82, 2.24) is 10.2 Å². The molecule has 6 nitrogen and oxygen atoms in total. The zero-order valence-corrected chi connectivity index (χ0v) is 17.5. The maximum Gasteiger partial charge on any atom is 0.231 e. The van der Waals surface area contributed by atoms with Crippen LogP contribution >= 0.6 is 24.0 Å². The first-order chi connectivity index (χ1) is 11.7. The molecule has 0 saturated carbocycles. The third kappa shape index (κ3) is 5.29. The number of guanidine groups is 1. The number of hydrogen-bond acceptors (Lipinski definition) is 4. The van der Waals surface area contributed by atoms with Crippen molar-refractivity contribution < 1.29 is 14.2 Å². The molecule has 0 amide bonds. The minimum Gasteiger partial charge on any atom is -0.492 e. The Morgan fingerprint density at radius 2 is 1.96 bits per heavy atom. The van der Waals surface area contributed by atoms with Crippen molar-refractivity contribution in [3.8, 4) is 17.2 Å². The van der Waals surface area contributed by atoms with Crippen LogP contribution < -0.4 is 19.5 Å². The van der Waals surface area contributed by atoms with Crippen LogP contribution in [0.3, 0.4) is 0 Å². The molecule has 0 radical (unpaired) electrons. The molecule has 140 valence electrons. The van der Waals surface area contributed by atoms with Crippen molar-refractivity contribution in [2.24, 2.45) is 16.8 Å². The van der Waals surface area contributed by atoms with Crippen LogP contribution in [0, 0.1) is 11.8 Å². The van der Waals surface area contributed by atoms with Crippen LogP contribution in [0.15, 0.2) is 23.2 Å². The molecule has 2 heterocycles. The summed E-state index contributed by atoms with van der Waals surface area (Å²) >= 11 is 0. The highest BCUT2D eigenvalue weighted by Crippen LogP contribution is 2.34. The van der Waals surface area contributed by atoms with Gasteiger partial charge in [0.2, 0.25) is 6.79 Å². The molecule has 0 aliphatic carbocycles. The molecule has 0 aromatic heterocycles. The average molecular weight is 461 g/mol. The van der Waals surface area contributed by atoms with Gasteiger partial charge in [-0.3, -0.25) is 4.99 Å². The number of halogens is 1. The Hall–Kier alpha value is -1.38. The highest BCUT2D eigenvalue weighted by Gasteiger charge is 2.23. The number of piperidine rings is 1. The molecule has 2 atom stereocenters. The van der Waals surface area contributed by atoms with Crippen molar-refractivity contribution in [1.29, 1.82) is 0 Å². The van der Waals surface area contributed by atoms with E-state index in [4.69, 9.17) is 14.2 Å². The predicted octanol–water partition coefficient (Wildman–Crippen LogP) is 2.97. The predicted molar refractivity (Wildman–Crippen MR) is 109 cm³/mol. The number of ether oxygens (including phenoxy) is 3. The van der Waals surface area contributed by atoms with Crippen LogP contribution in [0.5, 0.6) is 17.2 Å². The zero-order chi connectivity index (χ0) is 16.9. The van der Waals surface area contributed by atoms with E-state index in [1.54, 1.807) is 0 Å². The number of rotatable bonds is 4. The Balaban J connectivity index is 0.00000225. The van der Waals surface area contributed by atoms with Gasteiger partial charge in [0.25, 0.3) is 0 Å². The van der Waals surface area contributed by atoms with Crippen molar-refractivity contribution in [3.63, 3.8) is 0 Å². The zero-order valence-electron chi connectivity index (χ0n) is 15.2. The first-order valence-electron chi connectivity index (χ1n) is 8.63. The molecule has 1 saturated heterocycles. The van der Waals surface area contributed by atoms with Gasteiger partial charge in [-0.1, -0.05) is 13.8 Å². The van der Waals surface area contributed by atoms with E-state index in [9.17, 15) is 0 Å². The topological polar surface area (TPSA) is 55.3 Å². The highest BCUT2D eigenvalue weighted by molar-refractivity contribution is 14.0. The van der Waals surface area contributed by atoms with Gasteiger partial charge in [0.1, 0.15) is 12.4 Å². The molecule has 0 spiro atoms. The van der Waals surface area contributed by atoms with Crippen molar-refractivity contribution >= 4 is 29.9 Å². The SMILES string of the molecule is CN=C(NCCOc1ccc2c(c1)OCO2)N1CC(C)CC(C)C1.I. The summed E-state index contributed by atoms with van der Waals surface area (Å²) in [6.07, 6.45) is 1.29. The van der Waals surface area contributed by atoms with E-state index < -0.39 is 0 Å². The lowest BCUT2D eigenvalue weighted by Crippen LogP contribution is -2.49. The second-order valence-corrected chi connectivity index (χ2v) is 6.69. The minimum absolute atomic E-state index is 0. The summed E-state index contributed by atoms with van der Waals surface area (Å²) in [5.74, 6) is 4.68. The Kier molecular flexibility index (Phi) is 7.46. The summed E-state index contributed by atoms with van der Waals surface area (Å²) in [5, 5.41) is 3.40. The van der Waals surface area contributed by atoms with Crippen LogP contribution in [-0.2, 0) is 0 Å². The van der Waals surface area contributed by atoms with Crippen molar-refractivity contribution in [3.05, 3.63) is 18.2 Å². The molecule has 3 rings (SSSR count). The summed E-state index contributed by atoms with van der Waals surface area (Å²) in [5.41, 5.74) is 0. The van der Waals surface area contributed by atoms with Gasteiger partial charge in [-0.2, -0.15) is 0 Å². The van der Waals surface area contributed by atoms with Gasteiger partial charge < -0.3 is 24.4 Å². The van der Waals surface area contributed by atoms with Gasteiger partial charge in [0.05, 0.1) is 6.54 Å². The Bertz CT molecular complexity index is 587. The lowest BCUT2D eigenvalue weighted by Gasteiger charge is -2.37. The van der Waals surface area contributed by atoms with Gasteiger partial charge >= 0.3 is 0 Å². The molecule has 1 N–H and O–H groups in total. The number of nitrogens with one attached hydrogen (secondary N) is 1. The van der Waals surface area contributed by atoms with E-state index in [1.165, 1.54) is 6.42 Å². The lowest BCUT2D eigenvalue weighted by molar-refractivity contribution is 0.173. The fraction of sp³-hybridized carbons (Fsp3) is 0.611. The van der Waals surface area contributed by atoms with Crippen LogP contribution in [0.4, 0.5) is 0 Å². The number of benzene rings is 1. The molecule has 2 aliphatic heterocycles. The number of hydrogen-bond donors (Lipinski definition) is 1. The van der Waals surface area contributed by atoms with Gasteiger partial charge in [-0.15, -0.1) is 24.0 Å². The fourth-order valence-electron chi connectivity index (χ4n) is 3.47. The lowest BCUT2D eigenvalue weighted by atomic mass is 9.92. The van der Waals surface area contributed by atoms with E-state index >= 15 is 0 Å². The molecule has 25 heavy (non-hydrogen) atoms. The molecule has 1 aromatic carbocycles. The third-order valence-corrected chi connectivity index (χ3v) is 4.38. The van der Waals surface area contributed by atoms with E-state index in [1.807, 2.05) is 25.2 Å². The monoisotopic (exact) mass is 461 g/mol. The van der Waals surface area contributed by atoms with Gasteiger partial charge in [0.15, 0.2) is 17.5 Å². The van der Waals surface area contributed by atoms with Crippen molar-refractivity contribution in [2.45, 2.75) is 20.3 Å². The third-order valence-electron chi connectivity index (χ3n) is 4.38. The number of aliphatic imine (C=N–C) groups is 1. The average Bonchev–Trinajstić information content (AvgIpc) is 3.01. The Labute approximate surface area is 166 Å². The maximum atomic E-state index is 5.78. The Morgan fingerprint density at radius 1 is 1.24 bits per heavy atom. The van der Waals surface area contributed by atoms with Crippen LogP contribution in [0.2, 0.25) is 0 Å². The van der Waals surface area contributed by atoms with Gasteiger partial charge in [-0.25, -0.2) is 0 Å². The number of nitrogens with zero attached hydrogens (tertiary/aromatic N) is 2. The fourth-order valence-corrected chi connectivity index (χ4v) is 3.47. The molecule has 2 unspecified atom stereocenters. The normalized spacial score (nSPS) is 22.4. The molecule has 0 bridgehead atoms. The number of fused-ring (bicyclic) bond motifs is 1. The molecule has 1 fully saturated rings. The van der Waals surface area contributed by atoms with Crippen LogP contribution in [0.25, 0.3) is 0 Å². The van der Waals surface area contributed by atoms with Gasteiger partial charge in [-0.05, 0) is 30.4 Å². The van der Waals surface area contributed by atoms with E-state index in [0.717, 1.165) is 36.3 Å². The second-order valence-electron chi connectivity index (χ2n) is 6.69. The standard InChI is InChI=1S/C18H27N3O3.HI/c1-13-8-14(2)11-21(10-13)18(19-3)20-6-7-22-15-4-5-16-17(9-15)24-12-23-16;/h4-5,9,13-14H,6-8,10-12H2,1-3H3,(H,19,20);1H. The maximum absolute atomic E-state index is 5.78. The summed E-state index contributed by atoms with van der Waals surface area (Å²) in [7, 11) is 1.84. The summed E-state index contributed by atoms with van der Waals surface area (Å²) in [6.45, 7) is 8.29. The summed E-state index contributed by atoms with van der Waals surface area (Å²) in [4.78, 5) is 6.76. The first-order valence-corrected chi connectivity index (χ1v) is 8.63. The molecular weight excluding hydrogens is 433 g/mol. The van der Waals surface area contributed by atoms with E-state index in [-0.39, 0.29) is 30.8 Å². The number of likely N-dealkylation sites (tertiary alicyclic amines) is 1. The van der Waals surface area contributed by atoms with E-state index in [2.05, 4.69) is 29.1 Å². The largest absolute Gasteiger partial charge is 0.492 e. The first kappa shape index (κ1) is 19.9. The Morgan fingerprint density at radius 3 is 2.68 bits per heavy atom. The quantitative estimate of drug-likeness (QED) is 0.324. The van der Waals surface area contributed by atoms with Gasteiger partial charge in [0, 0.05) is 26.2 Å². The molecular formula is C18H28IN3O3. The van der Waals surface area contributed by atoms with E-state index in [0.29, 0.717) is 25.0 Å². The smallest absolute Gasteiger partial charge is 0.231 e. The molecule has 7 heteroatoms. The van der Waals surface area contributed by atoms with Crippen LogP contribution in [-0.4, -0.2) is 50.9 Å². The summed E-state index contributed by atoms with van der Waals surface area (Å²) < 4.78 is 16.4. The van der Waals surface area contributed by atoms with Crippen LogP contribution in [0.1, 0.15) is 20.3 Å². The molecule has 1 aromatic rings. The van der Waals surface area contributed by atoms with Crippen molar-refractivity contribution in [2.75, 3.05) is 40.1 Å². The highest BCUT2D eigenvalue weighted by atomic mass is 127. The molecule has 2 aliphatic rings. The second kappa shape index (κ2) is 9.35. The summed E-state index contributed by atoms with van der Waals surface area (Å²) in [6, 6.07) is 5.64. The minimum atomic E-state index is 0.